The molecule has 0 spiro atoms. The zero-order chi connectivity index (χ0) is 23.6. The van der Waals surface area contributed by atoms with Crippen molar-refractivity contribution in [3.63, 3.8) is 0 Å². The molecule has 1 rings (SSSR count). The minimum Gasteiger partial charge on any atom is -0.497 e. The van der Waals surface area contributed by atoms with Crippen LogP contribution in [0.1, 0.15) is 26.7 Å². The van der Waals surface area contributed by atoms with E-state index >= 15 is 0 Å². The van der Waals surface area contributed by atoms with Crippen LogP contribution < -0.4 is 21.1 Å². The minimum atomic E-state index is -2.47. The Labute approximate surface area is 185 Å². The normalized spacial score (nSPS) is 12.6. The number of alkyl halides is 2. The van der Waals surface area contributed by atoms with Crippen LogP contribution in [0.15, 0.2) is 24.3 Å². The maximum atomic E-state index is 13.4. The molecule has 0 aliphatic heterocycles. The maximum absolute atomic E-state index is 13.4. The highest BCUT2D eigenvalue weighted by atomic mass is 35.5. The van der Waals surface area contributed by atoms with Crippen molar-refractivity contribution in [1.82, 2.24) is 10.2 Å². The summed E-state index contributed by atoms with van der Waals surface area (Å²) in [6.45, 7) is 3.03. The fraction of sp³-hybridized carbons (Fsp3) is 0.500. The molecule has 1 aromatic rings. The second-order valence-corrected chi connectivity index (χ2v) is 7.56. The molecule has 0 saturated carbocycles. The lowest BCUT2D eigenvalue weighted by Gasteiger charge is -2.27. The van der Waals surface area contributed by atoms with Crippen molar-refractivity contribution in [3.8, 4) is 5.75 Å². The molecule has 4 N–H and O–H groups in total. The van der Waals surface area contributed by atoms with E-state index in [-0.39, 0.29) is 25.3 Å². The SMILES string of the molecule is COc1cccc(NCC(=O)N[C@@H](CC(C)C)C(=O)N(CCC(N)=O)C(=O)[C@H](F)Cl)c1. The predicted octanol–water partition coefficient (Wildman–Crippen LogP) is 1.40. The molecule has 2 atom stereocenters. The summed E-state index contributed by atoms with van der Waals surface area (Å²) in [6.07, 6.45) is -0.176. The topological polar surface area (TPSA) is 131 Å². The summed E-state index contributed by atoms with van der Waals surface area (Å²) >= 11 is 5.21. The number of nitrogens with zero attached hydrogens (tertiary/aromatic N) is 1. The van der Waals surface area contributed by atoms with Gasteiger partial charge < -0.3 is 21.1 Å². The number of anilines is 1. The Hall–Kier alpha value is -2.88. The van der Waals surface area contributed by atoms with Crippen LogP contribution in [-0.4, -0.2) is 60.4 Å². The van der Waals surface area contributed by atoms with Crippen LogP contribution in [0.4, 0.5) is 10.1 Å². The van der Waals surface area contributed by atoms with E-state index in [1.54, 1.807) is 24.3 Å². The number of nitrogens with one attached hydrogen (secondary N) is 2. The monoisotopic (exact) mass is 458 g/mol. The molecule has 0 aliphatic rings. The fourth-order valence-electron chi connectivity index (χ4n) is 2.71. The van der Waals surface area contributed by atoms with Gasteiger partial charge in [-0.05, 0) is 24.5 Å². The Bertz CT molecular complexity index is 791. The number of methoxy groups -OCH3 is 1. The van der Waals surface area contributed by atoms with Crippen molar-refractivity contribution in [1.29, 1.82) is 0 Å². The molecule has 1 aromatic carbocycles. The van der Waals surface area contributed by atoms with Crippen molar-refractivity contribution in [3.05, 3.63) is 24.3 Å². The van der Waals surface area contributed by atoms with Crippen LogP contribution in [0.3, 0.4) is 0 Å². The fourth-order valence-corrected chi connectivity index (χ4v) is 2.83. The van der Waals surface area contributed by atoms with Crippen molar-refractivity contribution >= 4 is 40.9 Å². The molecule has 172 valence electrons. The highest BCUT2D eigenvalue weighted by Gasteiger charge is 2.33. The standard InChI is InChI=1S/C20H28ClFN4O5/c1-12(2)9-15(19(29)26(8-7-16(23)27)20(30)18(21)22)25-17(28)11-24-13-5-4-6-14(10-13)31-3/h4-6,10,12,15,18,24H,7-9,11H2,1-3H3,(H2,23,27)(H,25,28)/t15-,18-/m0/s1. The number of benzene rings is 1. The van der Waals surface area contributed by atoms with Crippen molar-refractivity contribution in [2.45, 2.75) is 38.4 Å². The molecule has 0 aliphatic carbocycles. The number of primary amides is 1. The Morgan fingerprint density at radius 1 is 1.23 bits per heavy atom. The van der Waals surface area contributed by atoms with Crippen LogP contribution in [0, 0.1) is 5.92 Å². The van der Waals surface area contributed by atoms with Crippen molar-refractivity contribution in [2.24, 2.45) is 11.7 Å². The van der Waals surface area contributed by atoms with Crippen molar-refractivity contribution < 1.29 is 28.3 Å². The number of imide groups is 1. The third-order valence-corrected chi connectivity index (χ3v) is 4.35. The zero-order valence-electron chi connectivity index (χ0n) is 17.7. The number of ether oxygens (including phenoxy) is 1. The molecule has 31 heavy (non-hydrogen) atoms. The van der Waals surface area contributed by atoms with E-state index in [1.165, 1.54) is 7.11 Å². The van der Waals surface area contributed by atoms with Crippen molar-refractivity contribution in [2.75, 3.05) is 25.5 Å². The number of hydrogen-bond donors (Lipinski definition) is 3. The van der Waals surface area contributed by atoms with E-state index < -0.39 is 41.8 Å². The molecule has 0 bridgehead atoms. The summed E-state index contributed by atoms with van der Waals surface area (Å²) in [5, 5.41) is 5.45. The van der Waals surface area contributed by atoms with Crippen LogP contribution in [0.5, 0.6) is 5.75 Å². The molecule has 4 amide bonds. The first-order valence-electron chi connectivity index (χ1n) is 9.64. The average molecular weight is 459 g/mol. The number of amides is 4. The van der Waals surface area contributed by atoms with Crippen LogP contribution in [-0.2, 0) is 19.2 Å². The van der Waals surface area contributed by atoms with Gasteiger partial charge in [0.05, 0.1) is 13.7 Å². The molecule has 0 unspecified atom stereocenters. The molecule has 0 heterocycles. The van der Waals surface area contributed by atoms with Gasteiger partial charge in [-0.15, -0.1) is 0 Å². The van der Waals surface area contributed by atoms with E-state index in [9.17, 15) is 23.6 Å². The summed E-state index contributed by atoms with van der Waals surface area (Å²) in [7, 11) is 1.52. The van der Waals surface area contributed by atoms with Crippen LogP contribution >= 0.6 is 11.6 Å². The molecule has 0 saturated heterocycles. The highest BCUT2D eigenvalue weighted by Crippen LogP contribution is 2.16. The summed E-state index contributed by atoms with van der Waals surface area (Å²) in [6, 6.07) is 5.79. The zero-order valence-corrected chi connectivity index (χ0v) is 18.4. The lowest BCUT2D eigenvalue weighted by Crippen LogP contribution is -2.53. The van der Waals surface area contributed by atoms with Gasteiger partial charge in [0.1, 0.15) is 11.8 Å². The number of rotatable bonds is 12. The molecule has 11 heteroatoms. The van der Waals surface area contributed by atoms with E-state index in [0.717, 1.165) is 0 Å². The van der Waals surface area contributed by atoms with Gasteiger partial charge in [-0.25, -0.2) is 4.39 Å². The third-order valence-electron chi connectivity index (χ3n) is 4.16. The predicted molar refractivity (Wildman–Crippen MR) is 114 cm³/mol. The summed E-state index contributed by atoms with van der Waals surface area (Å²) in [5.74, 6) is -2.91. The lowest BCUT2D eigenvalue weighted by atomic mass is 10.0. The first-order valence-corrected chi connectivity index (χ1v) is 10.1. The van der Waals surface area contributed by atoms with E-state index in [1.807, 2.05) is 13.8 Å². The molecule has 0 radical (unpaired) electrons. The lowest BCUT2D eigenvalue weighted by molar-refractivity contribution is -0.149. The quantitative estimate of drug-likeness (QED) is 0.406. The second-order valence-electron chi connectivity index (χ2n) is 7.18. The molecular formula is C20H28ClFN4O5. The third kappa shape index (κ3) is 9.20. The number of nitrogens with two attached hydrogens (primary N) is 1. The smallest absolute Gasteiger partial charge is 0.279 e. The molecule has 9 nitrogen and oxygen atoms in total. The van der Waals surface area contributed by atoms with Crippen LogP contribution in [0.2, 0.25) is 0 Å². The number of halogens is 2. The van der Waals surface area contributed by atoms with Gasteiger partial charge in [-0.1, -0.05) is 31.5 Å². The largest absolute Gasteiger partial charge is 0.497 e. The Kier molecular flexibility index (Phi) is 10.7. The van der Waals surface area contributed by atoms with Gasteiger partial charge in [0.2, 0.25) is 11.8 Å². The maximum Gasteiger partial charge on any atom is 0.279 e. The number of carbonyl (C=O) groups excluding carboxylic acids is 4. The first kappa shape index (κ1) is 26.2. The van der Waals surface area contributed by atoms with Gasteiger partial charge in [-0.2, -0.15) is 0 Å². The highest BCUT2D eigenvalue weighted by molar-refractivity contribution is 6.30. The first-order chi connectivity index (χ1) is 14.5. The van der Waals surface area contributed by atoms with Gasteiger partial charge in [0.25, 0.3) is 17.4 Å². The summed E-state index contributed by atoms with van der Waals surface area (Å²) < 4.78 is 18.5. The van der Waals surface area contributed by atoms with Crippen LogP contribution in [0.25, 0.3) is 0 Å². The Morgan fingerprint density at radius 2 is 1.90 bits per heavy atom. The Morgan fingerprint density at radius 3 is 2.45 bits per heavy atom. The van der Waals surface area contributed by atoms with Gasteiger partial charge in [0, 0.05) is 24.7 Å². The minimum absolute atomic E-state index is 0.0362. The van der Waals surface area contributed by atoms with Gasteiger partial charge in [0.15, 0.2) is 0 Å². The summed E-state index contributed by atoms with van der Waals surface area (Å²) in [5.41, 5.74) is 3.22. The molecule has 0 fully saturated rings. The van der Waals surface area contributed by atoms with E-state index in [4.69, 9.17) is 22.1 Å². The number of hydrogen-bond acceptors (Lipinski definition) is 6. The summed E-state index contributed by atoms with van der Waals surface area (Å²) in [4.78, 5) is 49.0. The second kappa shape index (κ2) is 12.7. The molecule has 0 aromatic heterocycles. The molecular weight excluding hydrogens is 431 g/mol. The average Bonchev–Trinajstić information content (AvgIpc) is 2.71. The van der Waals surface area contributed by atoms with Gasteiger partial charge >= 0.3 is 0 Å². The number of carbonyl (C=O) groups is 4. The van der Waals surface area contributed by atoms with E-state index in [2.05, 4.69) is 10.6 Å². The van der Waals surface area contributed by atoms with E-state index in [0.29, 0.717) is 16.3 Å². The van der Waals surface area contributed by atoms with Gasteiger partial charge in [-0.3, -0.25) is 24.1 Å². The Balaban J connectivity index is 2.90.